The second-order valence-electron chi connectivity index (χ2n) is 3.80. The summed E-state index contributed by atoms with van der Waals surface area (Å²) in [7, 11) is 0. The van der Waals surface area contributed by atoms with Crippen LogP contribution < -0.4 is 0 Å². The smallest absolute Gasteiger partial charge is 0.0181 e. The molecule has 0 bridgehead atoms. The molecule has 0 saturated carbocycles. The highest BCUT2D eigenvalue weighted by Gasteiger charge is 2.01. The molecule has 3 aromatic rings. The lowest BCUT2D eigenvalue weighted by Crippen LogP contribution is -1.79. The highest BCUT2D eigenvalue weighted by atomic mass is 127. The van der Waals surface area contributed by atoms with Gasteiger partial charge in [-0.25, -0.2) is 0 Å². The normalized spacial score (nSPS) is 11.1. The van der Waals surface area contributed by atoms with E-state index in [9.17, 15) is 0 Å². The molecule has 0 aliphatic heterocycles. The molecular weight excluding hydrogens is 375 g/mol. The van der Waals surface area contributed by atoms with Gasteiger partial charge in [-0.2, -0.15) is 0 Å². The molecule has 0 N–H and O–H groups in total. The maximum atomic E-state index is 3.51. The Balaban J connectivity index is 2.50. The van der Waals surface area contributed by atoms with E-state index in [0.29, 0.717) is 0 Å². The van der Waals surface area contributed by atoms with Gasteiger partial charge in [0, 0.05) is 8.04 Å². The van der Waals surface area contributed by atoms with E-state index >= 15 is 0 Å². The molecule has 16 heavy (non-hydrogen) atoms. The van der Waals surface area contributed by atoms with Crippen LogP contribution in [0.5, 0.6) is 0 Å². The lowest BCUT2D eigenvalue weighted by Gasteiger charge is -2.04. The minimum Gasteiger partial charge on any atom is -0.0537 e. The van der Waals surface area contributed by atoms with Gasteiger partial charge in [0.2, 0.25) is 0 Å². The van der Waals surface area contributed by atoms with E-state index in [1.807, 2.05) is 0 Å². The fraction of sp³-hybridized carbons (Fsp3) is 0. The molecule has 0 aliphatic carbocycles. The topological polar surface area (TPSA) is 0 Å². The van der Waals surface area contributed by atoms with E-state index in [-0.39, 0.29) is 0 Å². The zero-order valence-corrected chi connectivity index (χ0v) is 12.1. The first-order valence-corrected chi connectivity index (χ1v) is 6.89. The van der Waals surface area contributed by atoms with Crippen molar-refractivity contribution in [3.8, 4) is 0 Å². The second kappa shape index (κ2) is 4.00. The van der Waals surface area contributed by atoms with Crippen molar-refractivity contribution in [3.05, 3.63) is 56.6 Å². The minimum absolute atomic E-state index is 1.13. The number of halogens is 2. The molecule has 3 aromatic carbocycles. The highest BCUT2D eigenvalue weighted by molar-refractivity contribution is 14.1. The zero-order chi connectivity index (χ0) is 11.1. The first-order valence-electron chi connectivity index (χ1n) is 5.01. The average molecular weight is 383 g/mol. The van der Waals surface area contributed by atoms with E-state index in [2.05, 4.69) is 87.1 Å². The molecule has 2 heteroatoms. The van der Waals surface area contributed by atoms with E-state index in [1.165, 1.54) is 25.1 Å². The monoisotopic (exact) mass is 382 g/mol. The molecule has 0 aliphatic rings. The minimum atomic E-state index is 1.13. The van der Waals surface area contributed by atoms with Crippen LogP contribution in [-0.4, -0.2) is 0 Å². The van der Waals surface area contributed by atoms with Crippen molar-refractivity contribution in [2.45, 2.75) is 0 Å². The maximum Gasteiger partial charge on any atom is 0.0181 e. The van der Waals surface area contributed by atoms with Crippen molar-refractivity contribution in [3.63, 3.8) is 0 Å². The van der Waals surface area contributed by atoms with Gasteiger partial charge in [-0.05, 0) is 68.4 Å². The molecule has 3 rings (SSSR count). The summed E-state index contributed by atoms with van der Waals surface area (Å²) in [6, 6.07) is 17.4. The highest BCUT2D eigenvalue weighted by Crippen LogP contribution is 2.28. The van der Waals surface area contributed by atoms with Gasteiger partial charge in [-0.1, -0.05) is 40.2 Å². The molecule has 0 atom stereocenters. The van der Waals surface area contributed by atoms with Crippen molar-refractivity contribution in [2.24, 2.45) is 0 Å². The maximum absolute atomic E-state index is 3.51. The number of benzene rings is 3. The van der Waals surface area contributed by atoms with Gasteiger partial charge in [0.25, 0.3) is 0 Å². The molecule has 0 unspecified atom stereocenters. The molecule has 0 aromatic heterocycles. The molecule has 0 nitrogen and oxygen atoms in total. The summed E-state index contributed by atoms with van der Waals surface area (Å²) in [4.78, 5) is 0. The summed E-state index contributed by atoms with van der Waals surface area (Å²) >= 11 is 5.86. The first-order chi connectivity index (χ1) is 7.74. The standard InChI is InChI=1S/C14H8BrI/c15-11-3-5-13-9(7-11)1-2-10-8-12(16)4-6-14(10)13/h1-8H. The Morgan fingerprint density at radius 3 is 2.12 bits per heavy atom. The van der Waals surface area contributed by atoms with Gasteiger partial charge in [0.15, 0.2) is 0 Å². The van der Waals surface area contributed by atoms with Crippen LogP contribution in [0.3, 0.4) is 0 Å². The SMILES string of the molecule is Brc1ccc2c(ccc3cc(I)ccc32)c1. The Morgan fingerprint density at radius 2 is 1.38 bits per heavy atom. The van der Waals surface area contributed by atoms with Crippen molar-refractivity contribution in [1.82, 2.24) is 0 Å². The Morgan fingerprint density at radius 1 is 0.750 bits per heavy atom. The lowest BCUT2D eigenvalue weighted by atomic mass is 10.0. The van der Waals surface area contributed by atoms with E-state index in [4.69, 9.17) is 0 Å². The van der Waals surface area contributed by atoms with E-state index < -0.39 is 0 Å². The Hall–Kier alpha value is -0.610. The molecule has 0 spiro atoms. The molecule has 0 fully saturated rings. The summed E-state index contributed by atoms with van der Waals surface area (Å²) in [6.45, 7) is 0. The predicted molar refractivity (Wildman–Crippen MR) is 81.9 cm³/mol. The number of fused-ring (bicyclic) bond motifs is 3. The summed E-state index contributed by atoms with van der Waals surface area (Å²) in [5, 5.41) is 5.23. The molecule has 78 valence electrons. The van der Waals surface area contributed by atoms with Crippen molar-refractivity contribution in [2.75, 3.05) is 0 Å². The number of rotatable bonds is 0. The van der Waals surface area contributed by atoms with Gasteiger partial charge in [-0.3, -0.25) is 0 Å². The molecule has 0 amide bonds. The van der Waals surface area contributed by atoms with E-state index in [0.717, 1.165) is 4.47 Å². The van der Waals surface area contributed by atoms with Crippen LogP contribution in [0.2, 0.25) is 0 Å². The largest absolute Gasteiger partial charge is 0.0537 e. The predicted octanol–water partition coefficient (Wildman–Crippen LogP) is 5.36. The summed E-state index contributed by atoms with van der Waals surface area (Å²) in [5.41, 5.74) is 0. The fourth-order valence-electron chi connectivity index (χ4n) is 2.01. The zero-order valence-electron chi connectivity index (χ0n) is 8.37. The van der Waals surface area contributed by atoms with Crippen LogP contribution in [0.4, 0.5) is 0 Å². The number of hydrogen-bond donors (Lipinski definition) is 0. The molecule has 0 heterocycles. The van der Waals surface area contributed by atoms with Gasteiger partial charge >= 0.3 is 0 Å². The van der Waals surface area contributed by atoms with Gasteiger partial charge in [-0.15, -0.1) is 0 Å². The summed E-state index contributed by atoms with van der Waals surface area (Å²) < 4.78 is 2.41. The third-order valence-corrected chi connectivity index (χ3v) is 3.92. The Labute approximate surface area is 116 Å². The lowest BCUT2D eigenvalue weighted by molar-refractivity contribution is 1.70. The van der Waals surface area contributed by atoms with Gasteiger partial charge < -0.3 is 0 Å². The van der Waals surface area contributed by atoms with Gasteiger partial charge in [0.05, 0.1) is 0 Å². The van der Waals surface area contributed by atoms with Crippen molar-refractivity contribution >= 4 is 60.1 Å². The van der Waals surface area contributed by atoms with Gasteiger partial charge in [0.1, 0.15) is 0 Å². The fourth-order valence-corrected chi connectivity index (χ4v) is 2.91. The second-order valence-corrected chi connectivity index (χ2v) is 5.96. The Bertz CT molecular complexity index is 628. The average Bonchev–Trinajstić information content (AvgIpc) is 2.28. The molecular formula is C14H8BrI. The first kappa shape index (κ1) is 10.5. The molecule has 0 radical (unpaired) electrons. The van der Waals surface area contributed by atoms with Crippen LogP contribution >= 0.6 is 38.5 Å². The van der Waals surface area contributed by atoms with Crippen LogP contribution in [0.25, 0.3) is 21.5 Å². The van der Waals surface area contributed by atoms with Crippen LogP contribution in [0.1, 0.15) is 0 Å². The molecule has 0 saturated heterocycles. The van der Waals surface area contributed by atoms with Crippen molar-refractivity contribution in [1.29, 1.82) is 0 Å². The third-order valence-electron chi connectivity index (χ3n) is 2.76. The van der Waals surface area contributed by atoms with Crippen LogP contribution in [0.15, 0.2) is 53.0 Å². The summed E-state index contributed by atoms with van der Waals surface area (Å²) in [5.74, 6) is 0. The third kappa shape index (κ3) is 1.74. The van der Waals surface area contributed by atoms with Crippen LogP contribution in [-0.2, 0) is 0 Å². The van der Waals surface area contributed by atoms with Crippen molar-refractivity contribution < 1.29 is 0 Å². The van der Waals surface area contributed by atoms with Crippen LogP contribution in [0, 0.1) is 3.57 Å². The van der Waals surface area contributed by atoms with E-state index in [1.54, 1.807) is 0 Å². The Kier molecular flexibility index (Phi) is 2.64. The number of hydrogen-bond acceptors (Lipinski definition) is 0. The summed E-state index contributed by atoms with van der Waals surface area (Å²) in [6.07, 6.45) is 0. The quantitative estimate of drug-likeness (QED) is 0.362.